The Morgan fingerprint density at radius 3 is 2.57 bits per heavy atom. The number of carbonyl (C=O) groups is 1. The second-order valence-corrected chi connectivity index (χ2v) is 5.04. The second kappa shape index (κ2) is 8.11. The van der Waals surface area contributed by atoms with E-state index >= 15 is 0 Å². The van der Waals surface area contributed by atoms with E-state index in [2.05, 4.69) is 10.3 Å². The quantitative estimate of drug-likeness (QED) is 0.346. The number of rotatable bonds is 3. The third-order valence-corrected chi connectivity index (χ3v) is 1.99. The maximum absolute atomic E-state index is 13.3. The van der Waals surface area contributed by atoms with Crippen LogP contribution in [0.15, 0.2) is 23.2 Å². The SMILES string of the molecule is CC(C)(C)OC(=O)CN=C(N)Nc1cc(F)ccc1F.I. The maximum atomic E-state index is 13.3. The third kappa shape index (κ3) is 7.78. The zero-order chi connectivity index (χ0) is 15.3. The van der Waals surface area contributed by atoms with Crippen LogP contribution < -0.4 is 11.1 Å². The Morgan fingerprint density at radius 2 is 2.00 bits per heavy atom. The van der Waals surface area contributed by atoms with Gasteiger partial charge in [0.05, 0.1) is 5.69 Å². The maximum Gasteiger partial charge on any atom is 0.328 e. The van der Waals surface area contributed by atoms with Gasteiger partial charge in [-0.25, -0.2) is 13.8 Å². The van der Waals surface area contributed by atoms with E-state index in [4.69, 9.17) is 10.5 Å². The van der Waals surface area contributed by atoms with Crippen molar-refractivity contribution in [3.8, 4) is 0 Å². The number of carbonyl (C=O) groups excluding carboxylic acids is 1. The van der Waals surface area contributed by atoms with Crippen LogP contribution in [0.3, 0.4) is 0 Å². The fraction of sp³-hybridized carbons (Fsp3) is 0.385. The number of hydrogen-bond acceptors (Lipinski definition) is 3. The molecular formula is C13H18F2IN3O2. The first-order chi connectivity index (χ1) is 9.17. The number of guanidine groups is 1. The van der Waals surface area contributed by atoms with Gasteiger partial charge in [0.15, 0.2) is 5.96 Å². The highest BCUT2D eigenvalue weighted by molar-refractivity contribution is 14.0. The van der Waals surface area contributed by atoms with Crippen molar-refractivity contribution in [3.63, 3.8) is 0 Å². The van der Waals surface area contributed by atoms with Crippen LogP contribution in [-0.4, -0.2) is 24.1 Å². The summed E-state index contributed by atoms with van der Waals surface area (Å²) in [6.07, 6.45) is 0. The molecule has 0 aliphatic heterocycles. The summed E-state index contributed by atoms with van der Waals surface area (Å²) in [6, 6.07) is 2.87. The lowest BCUT2D eigenvalue weighted by Crippen LogP contribution is -2.28. The van der Waals surface area contributed by atoms with Crippen molar-refractivity contribution in [1.29, 1.82) is 0 Å². The van der Waals surface area contributed by atoms with Crippen molar-refractivity contribution < 1.29 is 18.3 Å². The normalized spacial score (nSPS) is 11.6. The molecule has 0 heterocycles. The van der Waals surface area contributed by atoms with Crippen molar-refractivity contribution in [2.75, 3.05) is 11.9 Å². The molecule has 0 amide bonds. The van der Waals surface area contributed by atoms with Gasteiger partial charge in [-0.3, -0.25) is 4.79 Å². The number of nitrogens with one attached hydrogen (secondary N) is 1. The van der Waals surface area contributed by atoms with Crippen LogP contribution in [0, 0.1) is 11.6 Å². The van der Waals surface area contributed by atoms with Crippen LogP contribution >= 0.6 is 24.0 Å². The van der Waals surface area contributed by atoms with E-state index in [9.17, 15) is 13.6 Å². The molecule has 8 heteroatoms. The molecule has 0 unspecified atom stereocenters. The molecule has 5 nitrogen and oxygen atoms in total. The first-order valence-corrected chi connectivity index (χ1v) is 5.91. The zero-order valence-electron chi connectivity index (χ0n) is 11.9. The minimum absolute atomic E-state index is 0. The summed E-state index contributed by atoms with van der Waals surface area (Å²) in [5.74, 6) is -2.07. The van der Waals surface area contributed by atoms with E-state index in [1.807, 2.05) is 0 Å². The van der Waals surface area contributed by atoms with E-state index in [-0.39, 0.29) is 42.2 Å². The average molecular weight is 413 g/mol. The van der Waals surface area contributed by atoms with Gasteiger partial charge in [0.25, 0.3) is 0 Å². The number of benzene rings is 1. The monoisotopic (exact) mass is 413 g/mol. The van der Waals surface area contributed by atoms with Crippen LogP contribution in [0.5, 0.6) is 0 Å². The lowest BCUT2D eigenvalue weighted by molar-refractivity contribution is -0.152. The molecule has 0 radical (unpaired) electrons. The van der Waals surface area contributed by atoms with Crippen LogP contribution in [0.4, 0.5) is 14.5 Å². The van der Waals surface area contributed by atoms with E-state index < -0.39 is 23.2 Å². The van der Waals surface area contributed by atoms with Crippen LogP contribution in [0.25, 0.3) is 0 Å². The molecule has 0 aliphatic carbocycles. The molecule has 0 atom stereocenters. The summed E-state index contributed by atoms with van der Waals surface area (Å²) in [5, 5.41) is 2.37. The Bertz CT molecular complexity index is 531. The molecule has 0 aromatic heterocycles. The topological polar surface area (TPSA) is 76.7 Å². The van der Waals surface area contributed by atoms with E-state index in [1.54, 1.807) is 20.8 Å². The van der Waals surface area contributed by atoms with Crippen molar-refractivity contribution in [2.24, 2.45) is 10.7 Å². The number of hydrogen-bond donors (Lipinski definition) is 2. The number of aliphatic imine (C=N–C) groups is 1. The smallest absolute Gasteiger partial charge is 0.328 e. The van der Waals surface area contributed by atoms with Gasteiger partial charge in [-0.1, -0.05) is 0 Å². The van der Waals surface area contributed by atoms with Gasteiger partial charge in [0.2, 0.25) is 0 Å². The van der Waals surface area contributed by atoms with Crippen LogP contribution in [0.2, 0.25) is 0 Å². The Labute approximate surface area is 139 Å². The number of anilines is 1. The van der Waals surface area contributed by atoms with Gasteiger partial charge in [-0.05, 0) is 32.9 Å². The third-order valence-electron chi connectivity index (χ3n) is 1.99. The molecule has 0 saturated carbocycles. The number of nitrogens with zero attached hydrogens (tertiary/aromatic N) is 1. The van der Waals surface area contributed by atoms with Gasteiger partial charge < -0.3 is 15.8 Å². The zero-order valence-corrected chi connectivity index (χ0v) is 14.3. The lowest BCUT2D eigenvalue weighted by atomic mass is 10.2. The fourth-order valence-electron chi connectivity index (χ4n) is 1.29. The molecule has 21 heavy (non-hydrogen) atoms. The van der Waals surface area contributed by atoms with Crippen molar-refractivity contribution in [2.45, 2.75) is 26.4 Å². The van der Waals surface area contributed by atoms with Gasteiger partial charge in [-0.2, -0.15) is 0 Å². The summed E-state index contributed by atoms with van der Waals surface area (Å²) in [7, 11) is 0. The Balaban J connectivity index is 0.00000400. The molecular weight excluding hydrogens is 395 g/mol. The Kier molecular flexibility index (Phi) is 7.55. The highest BCUT2D eigenvalue weighted by atomic mass is 127. The molecule has 118 valence electrons. The van der Waals surface area contributed by atoms with E-state index in [1.165, 1.54) is 0 Å². The van der Waals surface area contributed by atoms with Crippen LogP contribution in [-0.2, 0) is 9.53 Å². The molecule has 0 aliphatic rings. The molecule has 0 saturated heterocycles. The van der Waals surface area contributed by atoms with Crippen LogP contribution in [0.1, 0.15) is 20.8 Å². The highest BCUT2D eigenvalue weighted by Gasteiger charge is 2.15. The van der Waals surface area contributed by atoms with E-state index in [0.29, 0.717) is 0 Å². The van der Waals surface area contributed by atoms with Crippen molar-refractivity contribution in [1.82, 2.24) is 0 Å². The predicted molar refractivity (Wildman–Crippen MR) is 87.7 cm³/mol. The number of ether oxygens (including phenoxy) is 1. The Morgan fingerprint density at radius 1 is 1.38 bits per heavy atom. The van der Waals surface area contributed by atoms with Gasteiger partial charge >= 0.3 is 5.97 Å². The number of nitrogens with two attached hydrogens (primary N) is 1. The summed E-state index contributed by atoms with van der Waals surface area (Å²) in [5.41, 5.74) is 4.70. The van der Waals surface area contributed by atoms with Gasteiger partial charge in [-0.15, -0.1) is 24.0 Å². The summed E-state index contributed by atoms with van der Waals surface area (Å²) >= 11 is 0. The fourth-order valence-corrected chi connectivity index (χ4v) is 1.29. The summed E-state index contributed by atoms with van der Waals surface area (Å²) < 4.78 is 31.3. The Hall–Kier alpha value is -1.45. The van der Waals surface area contributed by atoms with Gasteiger partial charge in [0, 0.05) is 6.07 Å². The van der Waals surface area contributed by atoms with E-state index in [0.717, 1.165) is 18.2 Å². The first-order valence-electron chi connectivity index (χ1n) is 5.91. The molecule has 3 N–H and O–H groups in total. The van der Waals surface area contributed by atoms with Gasteiger partial charge in [0.1, 0.15) is 23.8 Å². The predicted octanol–water partition coefficient (Wildman–Crippen LogP) is 2.65. The largest absolute Gasteiger partial charge is 0.459 e. The molecule has 1 aromatic rings. The average Bonchev–Trinajstić information content (AvgIpc) is 2.29. The van der Waals surface area contributed by atoms with Crippen molar-refractivity contribution in [3.05, 3.63) is 29.8 Å². The standard InChI is InChI=1S/C13H17F2N3O2.HI/c1-13(2,3)20-11(19)7-17-12(16)18-10-6-8(14)4-5-9(10)15;/h4-6H,7H2,1-3H3,(H3,16,17,18);1H. The minimum atomic E-state index is -0.679. The molecule has 1 rings (SSSR count). The van der Waals surface area contributed by atoms with Crippen molar-refractivity contribution >= 4 is 41.6 Å². The number of halogens is 3. The highest BCUT2D eigenvalue weighted by Crippen LogP contribution is 2.14. The summed E-state index contributed by atoms with van der Waals surface area (Å²) in [6.45, 7) is 4.85. The second-order valence-electron chi connectivity index (χ2n) is 5.04. The molecule has 0 spiro atoms. The molecule has 1 aromatic carbocycles. The minimum Gasteiger partial charge on any atom is -0.459 e. The summed E-state index contributed by atoms with van der Waals surface area (Å²) in [4.78, 5) is 15.1. The first kappa shape index (κ1) is 19.6. The number of esters is 1. The molecule has 0 bridgehead atoms. The molecule has 0 fully saturated rings. The lowest BCUT2D eigenvalue weighted by Gasteiger charge is -2.18.